The molecule has 0 radical (unpaired) electrons. The molecule has 0 atom stereocenters. The van der Waals surface area contributed by atoms with E-state index in [9.17, 15) is 9.59 Å². The first-order valence-corrected chi connectivity index (χ1v) is 5.23. The van der Waals surface area contributed by atoms with Gasteiger partial charge in [0, 0.05) is 6.54 Å². The fourth-order valence-corrected chi connectivity index (χ4v) is 2.23. The molecule has 0 spiro atoms. The van der Waals surface area contributed by atoms with Gasteiger partial charge < -0.3 is 0 Å². The molecule has 0 aromatic carbocycles. The van der Waals surface area contributed by atoms with Crippen molar-refractivity contribution in [3.63, 3.8) is 0 Å². The van der Waals surface area contributed by atoms with E-state index in [0.717, 1.165) is 11.8 Å². The fourth-order valence-electron chi connectivity index (χ4n) is 1.49. The Labute approximate surface area is 75.5 Å². The van der Waals surface area contributed by atoms with Crippen LogP contribution in [0.1, 0.15) is 19.3 Å². The maximum absolute atomic E-state index is 11.1. The summed E-state index contributed by atoms with van der Waals surface area (Å²) in [4.78, 5) is 23.7. The first-order chi connectivity index (χ1) is 5.77. The van der Waals surface area contributed by atoms with Crippen LogP contribution in [0.15, 0.2) is 0 Å². The lowest BCUT2D eigenvalue weighted by atomic mass is 9.85. The fraction of sp³-hybridized carbons (Fsp3) is 0.750. The minimum Gasteiger partial charge on any atom is -0.273 e. The molecule has 1 saturated heterocycles. The van der Waals surface area contributed by atoms with E-state index in [1.807, 2.05) is 0 Å². The molecule has 0 N–H and O–H groups in total. The van der Waals surface area contributed by atoms with Gasteiger partial charge in [0.1, 0.15) is 0 Å². The lowest BCUT2D eigenvalue weighted by Crippen LogP contribution is -2.35. The first-order valence-electron chi connectivity index (χ1n) is 4.24. The zero-order chi connectivity index (χ0) is 8.55. The van der Waals surface area contributed by atoms with Gasteiger partial charge in [-0.15, -0.1) is 0 Å². The topological polar surface area (TPSA) is 37.4 Å². The minimum atomic E-state index is -0.0492. The lowest BCUT2D eigenvalue weighted by Gasteiger charge is -2.28. The molecular formula is C8H11NO2S. The number of carbonyl (C=O) groups is 2. The van der Waals surface area contributed by atoms with E-state index < -0.39 is 0 Å². The highest BCUT2D eigenvalue weighted by Gasteiger charge is 2.33. The number of hydrogen-bond acceptors (Lipinski definition) is 3. The predicted molar refractivity (Wildman–Crippen MR) is 46.9 cm³/mol. The van der Waals surface area contributed by atoms with Gasteiger partial charge in [0.15, 0.2) is 0 Å². The number of carbonyl (C=O) groups excluding carboxylic acids is 2. The second kappa shape index (κ2) is 3.09. The molecule has 0 unspecified atom stereocenters. The summed E-state index contributed by atoms with van der Waals surface area (Å²) in [5.41, 5.74) is 0. The Hall–Kier alpha value is -0.510. The van der Waals surface area contributed by atoms with Crippen LogP contribution in [0.4, 0.5) is 4.79 Å². The van der Waals surface area contributed by atoms with Crippen molar-refractivity contribution in [3.05, 3.63) is 0 Å². The molecular weight excluding hydrogens is 174 g/mol. The summed E-state index contributed by atoms with van der Waals surface area (Å²) in [6.07, 6.45) is 3.62. The average molecular weight is 185 g/mol. The lowest BCUT2D eigenvalue weighted by molar-refractivity contribution is -0.125. The average Bonchev–Trinajstić information content (AvgIpc) is 2.25. The van der Waals surface area contributed by atoms with Crippen LogP contribution >= 0.6 is 11.8 Å². The summed E-state index contributed by atoms with van der Waals surface area (Å²) in [5, 5.41) is -0.0492. The monoisotopic (exact) mass is 185 g/mol. The maximum Gasteiger partial charge on any atom is 0.288 e. The molecule has 66 valence electrons. The van der Waals surface area contributed by atoms with E-state index in [4.69, 9.17) is 0 Å². The molecule has 1 saturated carbocycles. The molecule has 0 bridgehead atoms. The third-order valence-electron chi connectivity index (χ3n) is 2.51. The molecule has 1 aliphatic heterocycles. The van der Waals surface area contributed by atoms with Crippen LogP contribution in [0.5, 0.6) is 0 Å². The smallest absolute Gasteiger partial charge is 0.273 e. The standard InChI is InChI=1S/C8H11NO2S/c10-7-5-12-8(11)9(7)4-6-2-1-3-6/h6H,1-5H2. The highest BCUT2D eigenvalue weighted by atomic mass is 32.2. The minimum absolute atomic E-state index is 0.00287. The largest absolute Gasteiger partial charge is 0.288 e. The Balaban J connectivity index is 1.92. The highest BCUT2D eigenvalue weighted by Crippen LogP contribution is 2.29. The molecule has 1 aliphatic carbocycles. The molecule has 2 amide bonds. The van der Waals surface area contributed by atoms with Crippen LogP contribution in [0.3, 0.4) is 0 Å². The van der Waals surface area contributed by atoms with Gasteiger partial charge in [-0.2, -0.15) is 0 Å². The summed E-state index contributed by atoms with van der Waals surface area (Å²) in [6, 6.07) is 0. The Bertz CT molecular complexity index is 209. The molecule has 2 aliphatic rings. The van der Waals surface area contributed by atoms with Crippen LogP contribution in [0.2, 0.25) is 0 Å². The Morgan fingerprint density at radius 3 is 2.58 bits per heavy atom. The van der Waals surface area contributed by atoms with Crippen molar-refractivity contribution in [1.29, 1.82) is 0 Å². The predicted octanol–water partition coefficient (Wildman–Crippen LogP) is 1.48. The maximum atomic E-state index is 11.1. The molecule has 1 heterocycles. The van der Waals surface area contributed by atoms with Crippen molar-refractivity contribution in [2.24, 2.45) is 5.92 Å². The third-order valence-corrected chi connectivity index (χ3v) is 3.36. The molecule has 3 nitrogen and oxygen atoms in total. The summed E-state index contributed by atoms with van der Waals surface area (Å²) < 4.78 is 0. The van der Waals surface area contributed by atoms with Crippen molar-refractivity contribution in [3.8, 4) is 0 Å². The summed E-state index contributed by atoms with van der Waals surface area (Å²) in [6.45, 7) is 0.671. The Morgan fingerprint density at radius 2 is 2.17 bits per heavy atom. The summed E-state index contributed by atoms with van der Waals surface area (Å²) in [5.74, 6) is 0.944. The van der Waals surface area contributed by atoms with Crippen molar-refractivity contribution in [1.82, 2.24) is 4.90 Å². The molecule has 2 rings (SSSR count). The summed E-state index contributed by atoms with van der Waals surface area (Å²) in [7, 11) is 0. The van der Waals surface area contributed by atoms with Crippen LogP contribution in [0.25, 0.3) is 0 Å². The second-order valence-electron chi connectivity index (χ2n) is 3.36. The number of hydrogen-bond donors (Lipinski definition) is 0. The number of thioether (sulfide) groups is 1. The zero-order valence-corrected chi connectivity index (χ0v) is 7.60. The number of imide groups is 1. The highest BCUT2D eigenvalue weighted by molar-refractivity contribution is 8.14. The van der Waals surface area contributed by atoms with Crippen molar-refractivity contribution < 1.29 is 9.59 Å². The van der Waals surface area contributed by atoms with Crippen molar-refractivity contribution in [2.75, 3.05) is 12.3 Å². The Morgan fingerprint density at radius 1 is 1.42 bits per heavy atom. The van der Waals surface area contributed by atoms with Gasteiger partial charge >= 0.3 is 0 Å². The van der Waals surface area contributed by atoms with Crippen LogP contribution in [-0.4, -0.2) is 28.3 Å². The normalized spacial score (nSPS) is 24.8. The van der Waals surface area contributed by atoms with Crippen LogP contribution in [-0.2, 0) is 4.79 Å². The van der Waals surface area contributed by atoms with Crippen molar-refractivity contribution >= 4 is 22.9 Å². The number of amides is 2. The van der Waals surface area contributed by atoms with Crippen LogP contribution in [0, 0.1) is 5.92 Å². The SMILES string of the molecule is O=C1CSC(=O)N1CC1CCC1. The number of rotatable bonds is 2. The third kappa shape index (κ3) is 1.35. The molecule has 12 heavy (non-hydrogen) atoms. The van der Waals surface area contributed by atoms with E-state index in [1.165, 1.54) is 24.2 Å². The van der Waals surface area contributed by atoms with E-state index in [-0.39, 0.29) is 11.1 Å². The van der Waals surface area contributed by atoms with Crippen molar-refractivity contribution in [2.45, 2.75) is 19.3 Å². The Kier molecular flexibility index (Phi) is 2.09. The molecule has 2 fully saturated rings. The molecule has 4 heteroatoms. The summed E-state index contributed by atoms with van der Waals surface area (Å²) >= 11 is 1.13. The van der Waals surface area contributed by atoms with Gasteiger partial charge in [-0.3, -0.25) is 14.5 Å². The van der Waals surface area contributed by atoms with E-state index >= 15 is 0 Å². The molecule has 0 aromatic heterocycles. The second-order valence-corrected chi connectivity index (χ2v) is 4.28. The quantitative estimate of drug-likeness (QED) is 0.654. The van der Waals surface area contributed by atoms with Crippen LogP contribution < -0.4 is 0 Å². The van der Waals surface area contributed by atoms with E-state index in [1.54, 1.807) is 0 Å². The van der Waals surface area contributed by atoms with Gasteiger partial charge in [-0.1, -0.05) is 18.2 Å². The first kappa shape index (κ1) is 8.10. The van der Waals surface area contributed by atoms with E-state index in [2.05, 4.69) is 0 Å². The molecule has 0 aromatic rings. The van der Waals surface area contributed by atoms with Gasteiger partial charge in [0.25, 0.3) is 5.24 Å². The van der Waals surface area contributed by atoms with E-state index in [0.29, 0.717) is 18.2 Å². The number of nitrogens with zero attached hydrogens (tertiary/aromatic N) is 1. The van der Waals surface area contributed by atoms with Gasteiger partial charge in [0.05, 0.1) is 5.75 Å². The van der Waals surface area contributed by atoms with Gasteiger partial charge in [0.2, 0.25) is 5.91 Å². The zero-order valence-electron chi connectivity index (χ0n) is 6.78. The van der Waals surface area contributed by atoms with Gasteiger partial charge in [-0.05, 0) is 18.8 Å². The van der Waals surface area contributed by atoms with Gasteiger partial charge in [-0.25, -0.2) is 0 Å².